The fourth-order valence-electron chi connectivity index (χ4n) is 3.72. The van der Waals surface area contributed by atoms with Crippen LogP contribution in [0.25, 0.3) is 0 Å². The fourth-order valence-corrected chi connectivity index (χ4v) is 3.72. The molecule has 7 heteroatoms. The molecule has 0 spiro atoms. The van der Waals surface area contributed by atoms with E-state index in [2.05, 4.69) is 5.32 Å². The highest BCUT2D eigenvalue weighted by Crippen LogP contribution is 2.29. The summed E-state index contributed by atoms with van der Waals surface area (Å²) in [5.74, 6) is 0.172. The van der Waals surface area contributed by atoms with Crippen LogP contribution in [0.5, 0.6) is 5.75 Å². The number of ether oxygens (including phenoxy) is 1. The summed E-state index contributed by atoms with van der Waals surface area (Å²) in [6.07, 6.45) is 4.86. The maximum Gasteiger partial charge on any atom is 0.248 e. The van der Waals surface area contributed by atoms with E-state index in [-0.39, 0.29) is 18.3 Å². The van der Waals surface area contributed by atoms with Crippen LogP contribution in [0.2, 0.25) is 0 Å². The maximum absolute atomic E-state index is 12.4. The minimum Gasteiger partial charge on any atom is -0.493 e. The number of amides is 2. The molecular weight excluding hydrogens is 342 g/mol. The number of fused-ring (bicyclic) bond motifs is 2. The van der Waals surface area contributed by atoms with Gasteiger partial charge in [0.15, 0.2) is 0 Å². The summed E-state index contributed by atoms with van der Waals surface area (Å²) in [6, 6.07) is 8.17. The van der Waals surface area contributed by atoms with Crippen molar-refractivity contribution in [2.24, 2.45) is 5.73 Å². The van der Waals surface area contributed by atoms with Crippen molar-refractivity contribution in [2.45, 2.75) is 50.2 Å². The summed E-state index contributed by atoms with van der Waals surface area (Å²) in [7, 11) is 1.89. The first kappa shape index (κ1) is 19.5. The molecule has 1 aromatic carbocycles. The minimum atomic E-state index is -0.489. The first-order valence-corrected chi connectivity index (χ1v) is 8.57. The van der Waals surface area contributed by atoms with Gasteiger partial charge in [-0.25, -0.2) is 0 Å². The molecule has 2 aliphatic heterocycles. The summed E-state index contributed by atoms with van der Waals surface area (Å²) >= 11 is 0. The normalized spacial score (nSPS) is 24.3. The molecule has 2 atom stereocenters. The molecule has 2 heterocycles. The van der Waals surface area contributed by atoms with Crippen LogP contribution in [0.1, 0.15) is 42.5 Å². The van der Waals surface area contributed by atoms with Gasteiger partial charge in [-0.1, -0.05) is 6.07 Å². The van der Waals surface area contributed by atoms with Gasteiger partial charge in [0, 0.05) is 30.7 Å². The second-order valence-corrected chi connectivity index (χ2v) is 6.76. The van der Waals surface area contributed by atoms with Crippen molar-refractivity contribution in [2.75, 3.05) is 13.7 Å². The third kappa shape index (κ3) is 4.86. The van der Waals surface area contributed by atoms with Crippen LogP contribution in [-0.2, 0) is 4.79 Å². The van der Waals surface area contributed by atoms with Crippen LogP contribution in [0, 0.1) is 0 Å². The summed E-state index contributed by atoms with van der Waals surface area (Å²) in [5.41, 5.74) is 5.65. The zero-order valence-electron chi connectivity index (χ0n) is 14.4. The monoisotopic (exact) mass is 367 g/mol. The number of hydrogen-bond donors (Lipinski definition) is 2. The lowest BCUT2D eigenvalue weighted by Gasteiger charge is -2.35. The van der Waals surface area contributed by atoms with Gasteiger partial charge in [0.25, 0.3) is 0 Å². The first-order chi connectivity index (χ1) is 11.5. The van der Waals surface area contributed by atoms with Crippen molar-refractivity contribution in [3.05, 3.63) is 29.8 Å². The molecular formula is C18H26ClN3O3. The number of carbonyl (C=O) groups is 2. The number of hydrogen-bond acceptors (Lipinski definition) is 4. The predicted octanol–water partition coefficient (Wildman–Crippen LogP) is 1.72. The molecule has 2 amide bonds. The van der Waals surface area contributed by atoms with Crippen molar-refractivity contribution in [1.82, 2.24) is 10.2 Å². The lowest BCUT2D eigenvalue weighted by molar-refractivity contribution is -0.133. The maximum atomic E-state index is 12.4. The van der Waals surface area contributed by atoms with E-state index in [1.165, 1.54) is 12.8 Å². The van der Waals surface area contributed by atoms with Gasteiger partial charge in [0.2, 0.25) is 11.8 Å². The molecule has 2 bridgehead atoms. The number of primary amides is 1. The Bertz CT molecular complexity index is 613. The molecule has 3 N–H and O–H groups in total. The molecule has 2 unspecified atom stereocenters. The van der Waals surface area contributed by atoms with Gasteiger partial charge in [-0.2, -0.15) is 0 Å². The van der Waals surface area contributed by atoms with E-state index in [1.54, 1.807) is 24.3 Å². The molecule has 2 saturated heterocycles. The SMILES string of the molecule is CN(C(=O)CCOc1cccc(C(N)=O)c1)C1CC2CCC(C1)N2.Cl. The summed E-state index contributed by atoms with van der Waals surface area (Å²) in [4.78, 5) is 25.4. The first-order valence-electron chi connectivity index (χ1n) is 8.57. The van der Waals surface area contributed by atoms with Gasteiger partial charge >= 0.3 is 0 Å². The lowest BCUT2D eigenvalue weighted by Crippen LogP contribution is -2.48. The Morgan fingerprint density at radius 1 is 1.28 bits per heavy atom. The average molecular weight is 368 g/mol. The van der Waals surface area contributed by atoms with Crippen LogP contribution in [-0.4, -0.2) is 48.5 Å². The van der Waals surface area contributed by atoms with E-state index in [0.717, 1.165) is 12.8 Å². The largest absolute Gasteiger partial charge is 0.493 e. The van der Waals surface area contributed by atoms with E-state index in [4.69, 9.17) is 10.5 Å². The Kier molecular flexibility index (Phi) is 6.67. The molecule has 3 rings (SSSR count). The van der Waals surface area contributed by atoms with E-state index in [9.17, 15) is 9.59 Å². The molecule has 0 radical (unpaired) electrons. The lowest BCUT2D eigenvalue weighted by atomic mass is 9.98. The van der Waals surface area contributed by atoms with Crippen molar-refractivity contribution < 1.29 is 14.3 Å². The van der Waals surface area contributed by atoms with Crippen LogP contribution in [0.4, 0.5) is 0 Å². The predicted molar refractivity (Wildman–Crippen MR) is 98.1 cm³/mol. The van der Waals surface area contributed by atoms with E-state index in [1.807, 2.05) is 11.9 Å². The van der Waals surface area contributed by atoms with Crippen LogP contribution < -0.4 is 15.8 Å². The third-order valence-corrected chi connectivity index (χ3v) is 5.09. The highest BCUT2D eigenvalue weighted by Gasteiger charge is 2.36. The van der Waals surface area contributed by atoms with Crippen molar-refractivity contribution >= 4 is 24.2 Å². The fraction of sp³-hybridized carbons (Fsp3) is 0.556. The van der Waals surface area contributed by atoms with E-state index >= 15 is 0 Å². The number of piperidine rings is 1. The third-order valence-electron chi connectivity index (χ3n) is 5.09. The number of nitrogens with one attached hydrogen (secondary N) is 1. The van der Waals surface area contributed by atoms with Gasteiger partial charge in [-0.15, -0.1) is 12.4 Å². The number of benzene rings is 1. The smallest absolute Gasteiger partial charge is 0.248 e. The van der Waals surface area contributed by atoms with Crippen LogP contribution in [0.3, 0.4) is 0 Å². The zero-order chi connectivity index (χ0) is 17.1. The van der Waals surface area contributed by atoms with Crippen LogP contribution in [0.15, 0.2) is 24.3 Å². The molecule has 2 fully saturated rings. The van der Waals surface area contributed by atoms with Gasteiger partial charge in [0.1, 0.15) is 5.75 Å². The number of rotatable bonds is 6. The molecule has 0 aromatic heterocycles. The molecule has 25 heavy (non-hydrogen) atoms. The Morgan fingerprint density at radius 3 is 2.60 bits per heavy atom. The van der Waals surface area contributed by atoms with Crippen LogP contribution >= 0.6 is 12.4 Å². The van der Waals surface area contributed by atoms with E-state index < -0.39 is 5.91 Å². The standard InChI is InChI=1S/C18H25N3O3.ClH/c1-21(15-10-13-5-6-14(11-15)20-13)17(22)7-8-24-16-4-2-3-12(9-16)18(19)23;/h2-4,9,13-15,20H,5-8,10-11H2,1H3,(H2,19,23);1H. The molecule has 2 aliphatic rings. The van der Waals surface area contributed by atoms with Gasteiger partial charge in [0.05, 0.1) is 13.0 Å². The summed E-state index contributed by atoms with van der Waals surface area (Å²) < 4.78 is 5.59. The van der Waals surface area contributed by atoms with Gasteiger partial charge in [-0.3, -0.25) is 9.59 Å². The molecule has 0 saturated carbocycles. The Balaban J connectivity index is 0.00000225. The number of halogens is 1. The molecule has 138 valence electrons. The zero-order valence-corrected chi connectivity index (χ0v) is 15.3. The van der Waals surface area contributed by atoms with E-state index in [0.29, 0.717) is 42.5 Å². The topological polar surface area (TPSA) is 84.7 Å². The van der Waals surface area contributed by atoms with Gasteiger partial charge < -0.3 is 20.7 Å². The summed E-state index contributed by atoms with van der Waals surface area (Å²) in [6.45, 7) is 0.295. The Hall–Kier alpha value is -1.79. The molecule has 0 aliphatic carbocycles. The molecule has 6 nitrogen and oxygen atoms in total. The molecule has 1 aromatic rings. The van der Waals surface area contributed by atoms with Crippen molar-refractivity contribution in [3.63, 3.8) is 0 Å². The highest BCUT2D eigenvalue weighted by atomic mass is 35.5. The number of nitrogens with two attached hydrogens (primary N) is 1. The van der Waals surface area contributed by atoms with Crippen molar-refractivity contribution in [3.8, 4) is 5.75 Å². The Labute approximate surface area is 154 Å². The Morgan fingerprint density at radius 2 is 1.96 bits per heavy atom. The summed E-state index contributed by atoms with van der Waals surface area (Å²) in [5, 5.41) is 3.59. The second-order valence-electron chi connectivity index (χ2n) is 6.76. The minimum absolute atomic E-state index is 0. The average Bonchev–Trinajstić information content (AvgIpc) is 2.92. The number of carbonyl (C=O) groups excluding carboxylic acids is 2. The highest BCUT2D eigenvalue weighted by molar-refractivity contribution is 5.93. The number of nitrogens with zero attached hydrogens (tertiary/aromatic N) is 1. The van der Waals surface area contributed by atoms with Crippen molar-refractivity contribution in [1.29, 1.82) is 0 Å². The second kappa shape index (κ2) is 8.54. The quantitative estimate of drug-likeness (QED) is 0.801. The van der Waals surface area contributed by atoms with Gasteiger partial charge in [-0.05, 0) is 43.9 Å².